The predicted molar refractivity (Wildman–Crippen MR) is 56.1 cm³/mol. The molecule has 0 fully saturated rings. The molecular formula is C10H13N3O. The van der Waals surface area contributed by atoms with Gasteiger partial charge in [-0.25, -0.2) is 5.43 Å². The van der Waals surface area contributed by atoms with Crippen LogP contribution in [-0.4, -0.2) is 18.2 Å². The number of carbonyl (C=O) groups is 1. The van der Waals surface area contributed by atoms with Gasteiger partial charge in [-0.1, -0.05) is 18.2 Å². The second-order valence-electron chi connectivity index (χ2n) is 2.86. The van der Waals surface area contributed by atoms with Gasteiger partial charge in [-0.15, -0.1) is 0 Å². The van der Waals surface area contributed by atoms with Gasteiger partial charge in [-0.05, 0) is 19.1 Å². The Morgan fingerprint density at radius 3 is 2.64 bits per heavy atom. The topological polar surface area (TPSA) is 67.5 Å². The van der Waals surface area contributed by atoms with Gasteiger partial charge in [0.25, 0.3) is 5.91 Å². The summed E-state index contributed by atoms with van der Waals surface area (Å²) in [5.41, 5.74) is 9.01. The third-order valence-corrected chi connectivity index (χ3v) is 1.68. The summed E-state index contributed by atoms with van der Waals surface area (Å²) >= 11 is 0. The van der Waals surface area contributed by atoms with Gasteiger partial charge >= 0.3 is 0 Å². The molecule has 0 atom stereocenters. The summed E-state index contributed by atoms with van der Waals surface area (Å²) in [6.45, 7) is 2.10. The Labute approximate surface area is 82.8 Å². The lowest BCUT2D eigenvalue weighted by atomic mass is 10.2. The van der Waals surface area contributed by atoms with Crippen LogP contribution in [0.5, 0.6) is 0 Å². The van der Waals surface area contributed by atoms with Crippen LogP contribution in [0.15, 0.2) is 35.4 Å². The first-order chi connectivity index (χ1) is 6.74. The maximum atomic E-state index is 11.4. The Bertz CT molecular complexity index is 332. The fourth-order valence-corrected chi connectivity index (χ4v) is 0.846. The quantitative estimate of drug-likeness (QED) is 0.547. The average molecular weight is 191 g/mol. The molecule has 0 radical (unpaired) electrons. The number of carbonyl (C=O) groups excluding carboxylic acids is 1. The molecule has 0 aliphatic rings. The lowest BCUT2D eigenvalue weighted by Gasteiger charge is -2.00. The average Bonchev–Trinajstić information content (AvgIpc) is 2.26. The number of hydrazone groups is 1. The second-order valence-corrected chi connectivity index (χ2v) is 2.86. The molecule has 0 heterocycles. The number of benzene rings is 1. The highest BCUT2D eigenvalue weighted by molar-refractivity contribution is 5.95. The van der Waals surface area contributed by atoms with Gasteiger partial charge in [0.15, 0.2) is 0 Å². The van der Waals surface area contributed by atoms with Crippen LogP contribution in [0.2, 0.25) is 0 Å². The first-order valence-corrected chi connectivity index (χ1v) is 4.32. The minimum atomic E-state index is -0.224. The number of nitrogens with two attached hydrogens (primary N) is 1. The van der Waals surface area contributed by atoms with Gasteiger partial charge in [-0.2, -0.15) is 5.10 Å². The Morgan fingerprint density at radius 1 is 1.43 bits per heavy atom. The highest BCUT2D eigenvalue weighted by Crippen LogP contribution is 1.97. The van der Waals surface area contributed by atoms with Crippen LogP contribution in [-0.2, 0) is 0 Å². The smallest absolute Gasteiger partial charge is 0.271 e. The van der Waals surface area contributed by atoms with Gasteiger partial charge < -0.3 is 5.73 Å². The van der Waals surface area contributed by atoms with E-state index in [1.807, 2.05) is 6.07 Å². The number of nitrogens with zero attached hydrogens (tertiary/aromatic N) is 1. The minimum absolute atomic E-state index is 0.224. The first-order valence-electron chi connectivity index (χ1n) is 4.32. The molecular weight excluding hydrogens is 178 g/mol. The van der Waals surface area contributed by atoms with E-state index >= 15 is 0 Å². The lowest BCUT2D eigenvalue weighted by Crippen LogP contribution is -2.21. The van der Waals surface area contributed by atoms with Crippen molar-refractivity contribution < 1.29 is 4.79 Å². The highest BCUT2D eigenvalue weighted by atomic mass is 16.2. The summed E-state index contributed by atoms with van der Waals surface area (Å²) in [6.07, 6.45) is 0. The number of rotatable bonds is 3. The Hall–Kier alpha value is -1.68. The van der Waals surface area contributed by atoms with Crippen molar-refractivity contribution in [3.63, 3.8) is 0 Å². The Balaban J connectivity index is 2.60. The van der Waals surface area contributed by atoms with E-state index in [1.54, 1.807) is 31.2 Å². The summed E-state index contributed by atoms with van der Waals surface area (Å²) in [6, 6.07) is 8.90. The van der Waals surface area contributed by atoms with Crippen LogP contribution >= 0.6 is 0 Å². The molecule has 0 aromatic heterocycles. The minimum Gasteiger partial charge on any atom is -0.325 e. The molecule has 0 saturated carbocycles. The first kappa shape index (κ1) is 10.4. The van der Waals surface area contributed by atoms with E-state index in [2.05, 4.69) is 10.5 Å². The third kappa shape index (κ3) is 2.99. The van der Waals surface area contributed by atoms with E-state index in [0.29, 0.717) is 17.8 Å². The fraction of sp³-hybridized carbons (Fsp3) is 0.200. The van der Waals surface area contributed by atoms with Crippen molar-refractivity contribution in [2.75, 3.05) is 6.54 Å². The zero-order chi connectivity index (χ0) is 10.4. The highest BCUT2D eigenvalue weighted by Gasteiger charge is 2.01. The normalized spacial score (nSPS) is 11.1. The van der Waals surface area contributed by atoms with E-state index in [9.17, 15) is 4.79 Å². The van der Waals surface area contributed by atoms with Crippen molar-refractivity contribution in [3.8, 4) is 0 Å². The second kappa shape index (κ2) is 5.14. The summed E-state index contributed by atoms with van der Waals surface area (Å²) in [5.74, 6) is -0.224. The fourth-order valence-electron chi connectivity index (χ4n) is 0.846. The van der Waals surface area contributed by atoms with Crippen molar-refractivity contribution in [1.29, 1.82) is 0 Å². The summed E-state index contributed by atoms with van der Waals surface area (Å²) in [7, 11) is 0. The van der Waals surface area contributed by atoms with E-state index < -0.39 is 0 Å². The van der Waals surface area contributed by atoms with Crippen molar-refractivity contribution in [2.45, 2.75) is 6.92 Å². The molecule has 4 heteroatoms. The standard InChI is InChI=1S/C10H13N3O/c1-8(7-11)12-13-10(14)9-5-3-2-4-6-9/h2-6H,7,11H2,1H3,(H,13,14)/b12-8+. The molecule has 0 aliphatic heterocycles. The Kier molecular flexibility index (Phi) is 3.82. The number of amides is 1. The predicted octanol–water partition coefficient (Wildman–Crippen LogP) is 0.751. The van der Waals surface area contributed by atoms with Gasteiger partial charge in [0.05, 0.1) is 0 Å². The van der Waals surface area contributed by atoms with Crippen molar-refractivity contribution >= 4 is 11.6 Å². The van der Waals surface area contributed by atoms with Gasteiger partial charge in [-0.3, -0.25) is 4.79 Å². The van der Waals surface area contributed by atoms with E-state index in [0.717, 1.165) is 0 Å². The van der Waals surface area contributed by atoms with Crippen LogP contribution in [0.25, 0.3) is 0 Å². The molecule has 4 nitrogen and oxygen atoms in total. The molecule has 0 saturated heterocycles. The molecule has 0 unspecified atom stereocenters. The van der Waals surface area contributed by atoms with Crippen LogP contribution in [0.1, 0.15) is 17.3 Å². The molecule has 0 bridgehead atoms. The zero-order valence-electron chi connectivity index (χ0n) is 8.03. The molecule has 74 valence electrons. The van der Waals surface area contributed by atoms with Crippen LogP contribution in [0, 0.1) is 0 Å². The number of nitrogens with one attached hydrogen (secondary N) is 1. The molecule has 0 aliphatic carbocycles. The molecule has 0 spiro atoms. The lowest BCUT2D eigenvalue weighted by molar-refractivity contribution is 0.0955. The molecule has 1 aromatic rings. The van der Waals surface area contributed by atoms with Crippen molar-refractivity contribution in [2.24, 2.45) is 10.8 Å². The van der Waals surface area contributed by atoms with Crippen LogP contribution in [0.3, 0.4) is 0 Å². The van der Waals surface area contributed by atoms with Crippen molar-refractivity contribution in [1.82, 2.24) is 5.43 Å². The summed E-state index contributed by atoms with van der Waals surface area (Å²) < 4.78 is 0. The summed E-state index contributed by atoms with van der Waals surface area (Å²) in [5, 5.41) is 3.81. The molecule has 1 aromatic carbocycles. The summed E-state index contributed by atoms with van der Waals surface area (Å²) in [4.78, 5) is 11.4. The van der Waals surface area contributed by atoms with Gasteiger partial charge in [0.1, 0.15) is 0 Å². The van der Waals surface area contributed by atoms with Gasteiger partial charge in [0, 0.05) is 17.8 Å². The number of hydrogen-bond acceptors (Lipinski definition) is 3. The number of hydrogen-bond donors (Lipinski definition) is 2. The molecule has 3 N–H and O–H groups in total. The maximum absolute atomic E-state index is 11.4. The molecule has 14 heavy (non-hydrogen) atoms. The van der Waals surface area contributed by atoms with Crippen LogP contribution < -0.4 is 11.2 Å². The zero-order valence-corrected chi connectivity index (χ0v) is 8.03. The monoisotopic (exact) mass is 191 g/mol. The SMILES string of the molecule is C/C(CN)=N\NC(=O)c1ccccc1. The van der Waals surface area contributed by atoms with E-state index in [4.69, 9.17) is 5.73 Å². The van der Waals surface area contributed by atoms with E-state index in [1.165, 1.54) is 0 Å². The van der Waals surface area contributed by atoms with Crippen LogP contribution in [0.4, 0.5) is 0 Å². The third-order valence-electron chi connectivity index (χ3n) is 1.68. The van der Waals surface area contributed by atoms with E-state index in [-0.39, 0.29) is 5.91 Å². The van der Waals surface area contributed by atoms with Gasteiger partial charge in [0.2, 0.25) is 0 Å². The molecule has 1 rings (SSSR count). The molecule has 1 amide bonds. The van der Waals surface area contributed by atoms with Crippen molar-refractivity contribution in [3.05, 3.63) is 35.9 Å². The largest absolute Gasteiger partial charge is 0.325 e. The Morgan fingerprint density at radius 2 is 2.07 bits per heavy atom. The maximum Gasteiger partial charge on any atom is 0.271 e.